The highest BCUT2D eigenvalue weighted by Crippen LogP contribution is 2.35. The van der Waals surface area contributed by atoms with Crippen LogP contribution in [0.1, 0.15) is 24.1 Å². The van der Waals surface area contributed by atoms with Crippen molar-refractivity contribution >= 4 is 43.1 Å². The third-order valence-electron chi connectivity index (χ3n) is 6.91. The van der Waals surface area contributed by atoms with Gasteiger partial charge in [-0.2, -0.15) is 13.7 Å². The smallest absolute Gasteiger partial charge is 0.333 e. The molecule has 4 heterocycles. The summed E-state index contributed by atoms with van der Waals surface area (Å²) >= 11 is 0. The van der Waals surface area contributed by atoms with Gasteiger partial charge >= 0.3 is 10.2 Å². The highest BCUT2D eigenvalue weighted by Gasteiger charge is 2.26. The Morgan fingerprint density at radius 2 is 1.97 bits per heavy atom. The maximum Gasteiger partial charge on any atom is 0.333 e. The topological polar surface area (TPSA) is 121 Å². The maximum atomic E-state index is 13.8. The van der Waals surface area contributed by atoms with E-state index in [0.29, 0.717) is 63.7 Å². The first kappa shape index (κ1) is 22.4. The van der Waals surface area contributed by atoms with Gasteiger partial charge < -0.3 is 14.9 Å². The summed E-state index contributed by atoms with van der Waals surface area (Å²) < 4.78 is 38.8. The fraction of sp³-hybridized carbons (Fsp3) is 0.192. The number of halogens is 1. The van der Waals surface area contributed by atoms with Crippen molar-refractivity contribution in [1.82, 2.24) is 19.9 Å². The summed E-state index contributed by atoms with van der Waals surface area (Å²) in [5, 5.41) is 14.5. The number of pyridine rings is 2. The standard InChI is InChI=1S/C26H20FN5O3S/c1-2-15-7-21-23(8-20(15)16-6-18(13-29-10-16)36(27,34)35)32(17-11-30-12-17)26-24(25(21)33)19-4-3-14(9-28)5-22(19)31-26/h3-8,10,13,17,30-31H,2,11-12H2,1H3. The van der Waals surface area contributed by atoms with Crippen molar-refractivity contribution in [2.75, 3.05) is 13.1 Å². The summed E-state index contributed by atoms with van der Waals surface area (Å²) in [7, 11) is -4.92. The highest BCUT2D eigenvalue weighted by molar-refractivity contribution is 7.86. The van der Waals surface area contributed by atoms with E-state index in [9.17, 15) is 22.4 Å². The molecule has 0 unspecified atom stereocenters. The molecule has 0 aliphatic carbocycles. The van der Waals surface area contributed by atoms with Crippen molar-refractivity contribution < 1.29 is 12.3 Å². The van der Waals surface area contributed by atoms with Gasteiger partial charge in [0.1, 0.15) is 10.5 Å². The Bertz CT molecular complexity index is 1930. The number of nitrogens with zero attached hydrogens (tertiary/aromatic N) is 3. The monoisotopic (exact) mass is 501 g/mol. The molecule has 180 valence electrons. The minimum atomic E-state index is -4.92. The second-order valence-corrected chi connectivity index (χ2v) is 10.3. The average molecular weight is 502 g/mol. The minimum absolute atomic E-state index is 0.0788. The Hall–Kier alpha value is -4.07. The molecule has 1 saturated heterocycles. The van der Waals surface area contributed by atoms with Gasteiger partial charge in [-0.15, -0.1) is 3.89 Å². The molecule has 0 amide bonds. The van der Waals surface area contributed by atoms with Crippen molar-refractivity contribution in [1.29, 1.82) is 5.26 Å². The molecule has 0 bridgehead atoms. The molecule has 8 nitrogen and oxygen atoms in total. The van der Waals surface area contributed by atoms with Crippen LogP contribution in [0.15, 0.2) is 58.5 Å². The Labute approximate surface area is 205 Å². The van der Waals surface area contributed by atoms with Crippen LogP contribution >= 0.6 is 0 Å². The molecule has 2 N–H and O–H groups in total. The molecule has 6 rings (SSSR count). The van der Waals surface area contributed by atoms with Gasteiger partial charge in [-0.3, -0.25) is 9.78 Å². The van der Waals surface area contributed by atoms with Gasteiger partial charge in [0.15, 0.2) is 5.43 Å². The van der Waals surface area contributed by atoms with Gasteiger partial charge in [-0.25, -0.2) is 0 Å². The van der Waals surface area contributed by atoms with Crippen molar-refractivity contribution in [2.45, 2.75) is 24.3 Å². The number of aryl methyl sites for hydroxylation is 1. The number of hydrogen-bond donors (Lipinski definition) is 2. The first-order valence-electron chi connectivity index (χ1n) is 11.5. The maximum absolute atomic E-state index is 13.8. The first-order valence-corrected chi connectivity index (χ1v) is 12.9. The van der Waals surface area contributed by atoms with Gasteiger partial charge in [-0.05, 0) is 47.9 Å². The summed E-state index contributed by atoms with van der Waals surface area (Å²) in [6, 6.07) is 12.4. The minimum Gasteiger partial charge on any atom is -0.340 e. The summed E-state index contributed by atoms with van der Waals surface area (Å²) in [5.41, 5.74) is 4.38. The second kappa shape index (κ2) is 7.98. The number of aromatic amines is 1. The van der Waals surface area contributed by atoms with Crippen LogP contribution in [0, 0.1) is 11.3 Å². The fourth-order valence-electron chi connectivity index (χ4n) is 5.03. The van der Waals surface area contributed by atoms with E-state index >= 15 is 0 Å². The number of rotatable bonds is 4. The molecule has 0 radical (unpaired) electrons. The van der Waals surface area contributed by atoms with Crippen LogP contribution in [-0.2, 0) is 16.6 Å². The lowest BCUT2D eigenvalue weighted by atomic mass is 9.95. The Balaban J connectivity index is 1.74. The lowest BCUT2D eigenvalue weighted by Gasteiger charge is -2.32. The number of hydrogen-bond acceptors (Lipinski definition) is 6. The van der Waals surface area contributed by atoms with Crippen molar-refractivity contribution in [2.24, 2.45) is 0 Å². The van der Waals surface area contributed by atoms with E-state index in [-0.39, 0.29) is 11.5 Å². The van der Waals surface area contributed by atoms with Crippen LogP contribution in [0.5, 0.6) is 0 Å². The van der Waals surface area contributed by atoms with Crippen LogP contribution in [0.4, 0.5) is 3.89 Å². The highest BCUT2D eigenvalue weighted by atomic mass is 32.3. The van der Waals surface area contributed by atoms with Crippen LogP contribution in [0.25, 0.3) is 44.0 Å². The molecule has 1 aliphatic heterocycles. The van der Waals surface area contributed by atoms with Crippen LogP contribution in [0.3, 0.4) is 0 Å². The third-order valence-corrected chi connectivity index (χ3v) is 7.70. The number of fused-ring (bicyclic) bond motifs is 4. The number of benzene rings is 2. The lowest BCUT2D eigenvalue weighted by Crippen LogP contribution is -2.44. The van der Waals surface area contributed by atoms with Gasteiger partial charge in [-0.1, -0.05) is 13.0 Å². The number of nitrogens with one attached hydrogen (secondary N) is 2. The average Bonchev–Trinajstić information content (AvgIpc) is 3.22. The normalized spacial score (nSPS) is 14.4. The molecular weight excluding hydrogens is 481 g/mol. The van der Waals surface area contributed by atoms with Crippen LogP contribution in [-0.4, -0.2) is 36.0 Å². The molecule has 5 aromatic rings. The zero-order chi connectivity index (χ0) is 25.2. The fourth-order valence-corrected chi connectivity index (χ4v) is 5.48. The molecule has 2 aromatic carbocycles. The number of H-pyrrole nitrogens is 1. The largest absolute Gasteiger partial charge is 0.340 e. The summed E-state index contributed by atoms with van der Waals surface area (Å²) in [5.74, 6) is 0. The Morgan fingerprint density at radius 3 is 2.64 bits per heavy atom. The summed E-state index contributed by atoms with van der Waals surface area (Å²) in [6.07, 6.45) is 3.04. The first-order chi connectivity index (χ1) is 17.3. The molecule has 36 heavy (non-hydrogen) atoms. The molecule has 0 spiro atoms. The predicted molar refractivity (Wildman–Crippen MR) is 135 cm³/mol. The molecule has 1 aliphatic rings. The molecule has 10 heteroatoms. The van der Waals surface area contributed by atoms with Gasteiger partial charge in [0, 0.05) is 47.3 Å². The van der Waals surface area contributed by atoms with E-state index in [1.807, 2.05) is 19.1 Å². The number of nitriles is 1. The van der Waals surface area contributed by atoms with E-state index in [1.165, 1.54) is 12.3 Å². The Morgan fingerprint density at radius 1 is 1.17 bits per heavy atom. The van der Waals surface area contributed by atoms with E-state index < -0.39 is 15.1 Å². The van der Waals surface area contributed by atoms with Crippen molar-refractivity contribution in [3.63, 3.8) is 0 Å². The van der Waals surface area contributed by atoms with Gasteiger partial charge in [0.25, 0.3) is 0 Å². The van der Waals surface area contributed by atoms with Gasteiger partial charge in [0.05, 0.1) is 28.6 Å². The zero-order valence-electron chi connectivity index (χ0n) is 19.2. The SMILES string of the molecule is CCc1cc2c(=O)c3c4ccc(C#N)cc4[nH]c3n(C3CNC3)c2cc1-c1cncc(S(=O)(=O)F)c1. The lowest BCUT2D eigenvalue weighted by molar-refractivity contribution is 0.357. The summed E-state index contributed by atoms with van der Waals surface area (Å²) in [4.78, 5) is 20.6. The number of aromatic nitrogens is 3. The second-order valence-electron chi connectivity index (χ2n) is 8.96. The Kier molecular flexibility index (Phi) is 4.96. The van der Waals surface area contributed by atoms with E-state index in [2.05, 4.69) is 25.9 Å². The van der Waals surface area contributed by atoms with E-state index in [0.717, 1.165) is 17.1 Å². The molecule has 0 saturated carbocycles. The van der Waals surface area contributed by atoms with Crippen molar-refractivity contribution in [3.8, 4) is 17.2 Å². The van der Waals surface area contributed by atoms with Crippen LogP contribution < -0.4 is 10.7 Å². The van der Waals surface area contributed by atoms with Crippen molar-refractivity contribution in [3.05, 3.63) is 70.1 Å². The van der Waals surface area contributed by atoms with E-state index in [4.69, 9.17) is 0 Å². The zero-order valence-corrected chi connectivity index (χ0v) is 20.0. The molecule has 0 atom stereocenters. The van der Waals surface area contributed by atoms with Gasteiger partial charge in [0.2, 0.25) is 0 Å². The van der Waals surface area contributed by atoms with Crippen LogP contribution in [0.2, 0.25) is 0 Å². The molecular formula is C26H20FN5O3S. The predicted octanol–water partition coefficient (Wildman–Crippen LogP) is 3.93. The quantitative estimate of drug-likeness (QED) is 0.360. The summed E-state index contributed by atoms with van der Waals surface area (Å²) in [6.45, 7) is 3.37. The third kappa shape index (κ3) is 3.31. The van der Waals surface area contributed by atoms with E-state index in [1.54, 1.807) is 18.2 Å². The molecule has 1 fully saturated rings. The molecule has 3 aromatic heterocycles.